The monoisotopic (exact) mass is 294 g/mol. The van der Waals surface area contributed by atoms with E-state index in [2.05, 4.69) is 5.32 Å². The molecule has 21 heavy (non-hydrogen) atoms. The van der Waals surface area contributed by atoms with Crippen LogP contribution in [0.25, 0.3) is 0 Å². The number of hydrogen-bond acceptors (Lipinski definition) is 4. The van der Waals surface area contributed by atoms with Crippen LogP contribution >= 0.6 is 0 Å². The number of methoxy groups -OCH3 is 1. The van der Waals surface area contributed by atoms with Crippen molar-refractivity contribution in [3.63, 3.8) is 0 Å². The van der Waals surface area contributed by atoms with E-state index in [1.165, 1.54) is 7.11 Å². The van der Waals surface area contributed by atoms with Crippen LogP contribution in [0.15, 0.2) is 18.2 Å². The predicted molar refractivity (Wildman–Crippen MR) is 75.0 cm³/mol. The van der Waals surface area contributed by atoms with Crippen molar-refractivity contribution in [3.05, 3.63) is 29.3 Å². The van der Waals surface area contributed by atoms with Crippen LogP contribution in [0.5, 0.6) is 5.75 Å². The second-order valence-corrected chi connectivity index (χ2v) is 4.57. The van der Waals surface area contributed by atoms with Crippen molar-refractivity contribution < 1.29 is 24.2 Å². The van der Waals surface area contributed by atoms with E-state index in [0.29, 0.717) is 5.75 Å². The molecule has 1 atom stereocenters. The molecule has 0 aliphatic carbocycles. The van der Waals surface area contributed by atoms with Gasteiger partial charge in [0.15, 0.2) is 0 Å². The van der Waals surface area contributed by atoms with Gasteiger partial charge in [-0.3, -0.25) is 9.59 Å². The number of nitrogens with one attached hydrogen (secondary N) is 1. The van der Waals surface area contributed by atoms with E-state index in [1.54, 1.807) is 25.1 Å². The third-order valence-corrected chi connectivity index (χ3v) is 2.88. The second-order valence-electron chi connectivity index (χ2n) is 4.57. The zero-order valence-corrected chi connectivity index (χ0v) is 11.9. The van der Waals surface area contributed by atoms with E-state index in [-0.39, 0.29) is 18.4 Å². The van der Waals surface area contributed by atoms with Crippen LogP contribution in [0.4, 0.5) is 0 Å². The minimum absolute atomic E-state index is 0.0649. The molecule has 1 unspecified atom stereocenters. The van der Waals surface area contributed by atoms with Crippen LogP contribution in [-0.4, -0.2) is 36.0 Å². The Morgan fingerprint density at radius 2 is 2.05 bits per heavy atom. The van der Waals surface area contributed by atoms with Crippen LogP contribution in [0, 0.1) is 6.92 Å². The molecule has 114 valence electrons. The number of ether oxygens (including phenoxy) is 1. The third-order valence-electron chi connectivity index (χ3n) is 2.88. The first-order valence-electron chi connectivity index (χ1n) is 6.31. The molecular weight excluding hydrogens is 276 g/mol. The smallest absolute Gasteiger partial charge is 0.326 e. The molecule has 1 aromatic rings. The van der Waals surface area contributed by atoms with Gasteiger partial charge >= 0.3 is 5.97 Å². The van der Waals surface area contributed by atoms with Crippen LogP contribution in [0.3, 0.4) is 0 Å². The Morgan fingerprint density at radius 3 is 2.57 bits per heavy atom. The Labute approximate surface area is 122 Å². The molecule has 7 heteroatoms. The predicted octanol–water partition coefficient (Wildman–Crippen LogP) is 0.452. The average molecular weight is 294 g/mol. The highest BCUT2D eigenvalue weighted by molar-refractivity contribution is 5.99. The Bertz CT molecular complexity index is 556. The normalized spacial score (nSPS) is 11.5. The molecule has 0 aliphatic rings. The minimum atomic E-state index is -1.23. The van der Waals surface area contributed by atoms with Crippen molar-refractivity contribution in [2.45, 2.75) is 25.8 Å². The minimum Gasteiger partial charge on any atom is -0.496 e. The lowest BCUT2D eigenvalue weighted by Crippen LogP contribution is -2.41. The standard InChI is InChI=1S/C14H18N2O5/c1-8-3-5-11(21-2)9(7-8)13(18)16-10(14(19)20)4-6-12(15)17/h3,5,7,10H,4,6H2,1-2H3,(H2,15,17)(H,16,18)(H,19,20). The van der Waals surface area contributed by atoms with Crippen LogP contribution in [0.2, 0.25) is 0 Å². The van der Waals surface area contributed by atoms with Gasteiger partial charge in [0.05, 0.1) is 12.7 Å². The largest absolute Gasteiger partial charge is 0.496 e. The number of primary amides is 1. The number of nitrogens with two attached hydrogens (primary N) is 1. The average Bonchev–Trinajstić information content (AvgIpc) is 2.42. The molecule has 0 heterocycles. The Hall–Kier alpha value is -2.57. The molecule has 0 spiro atoms. The summed E-state index contributed by atoms with van der Waals surface area (Å²) in [7, 11) is 1.42. The zero-order valence-electron chi connectivity index (χ0n) is 11.9. The fourth-order valence-electron chi connectivity index (χ4n) is 1.78. The number of carboxylic acid groups (broad SMARTS) is 1. The van der Waals surface area contributed by atoms with Crippen LogP contribution < -0.4 is 15.8 Å². The molecule has 0 radical (unpaired) electrons. The van der Waals surface area contributed by atoms with Crippen molar-refractivity contribution in [3.8, 4) is 5.75 Å². The van der Waals surface area contributed by atoms with Crippen molar-refractivity contribution in [1.29, 1.82) is 0 Å². The van der Waals surface area contributed by atoms with Gasteiger partial charge in [0.25, 0.3) is 5.91 Å². The van der Waals surface area contributed by atoms with E-state index < -0.39 is 23.8 Å². The fraction of sp³-hybridized carbons (Fsp3) is 0.357. The number of aryl methyl sites for hydroxylation is 1. The summed E-state index contributed by atoms with van der Waals surface area (Å²) in [6.07, 6.45) is -0.188. The molecule has 1 aromatic carbocycles. The molecule has 1 rings (SSSR count). The number of amides is 2. The van der Waals surface area contributed by atoms with Crippen LogP contribution in [-0.2, 0) is 9.59 Å². The molecule has 7 nitrogen and oxygen atoms in total. The van der Waals surface area contributed by atoms with Crippen molar-refractivity contribution in [2.75, 3.05) is 7.11 Å². The lowest BCUT2D eigenvalue weighted by molar-refractivity contribution is -0.139. The third kappa shape index (κ3) is 4.79. The van der Waals surface area contributed by atoms with Gasteiger partial charge in [-0.15, -0.1) is 0 Å². The van der Waals surface area contributed by atoms with Gasteiger partial charge in [-0.1, -0.05) is 11.6 Å². The molecule has 2 amide bonds. The maximum Gasteiger partial charge on any atom is 0.326 e. The topological polar surface area (TPSA) is 119 Å². The molecule has 0 saturated carbocycles. The van der Waals surface area contributed by atoms with Crippen molar-refractivity contribution in [2.24, 2.45) is 5.73 Å². The van der Waals surface area contributed by atoms with Crippen LogP contribution in [0.1, 0.15) is 28.8 Å². The molecular formula is C14H18N2O5. The Kier molecular flexibility index (Phi) is 5.71. The summed E-state index contributed by atoms with van der Waals surface area (Å²) in [5.41, 5.74) is 6.06. The highest BCUT2D eigenvalue weighted by Gasteiger charge is 2.22. The zero-order chi connectivity index (χ0) is 16.0. The van der Waals surface area contributed by atoms with E-state index in [9.17, 15) is 14.4 Å². The van der Waals surface area contributed by atoms with Gasteiger partial charge in [-0.05, 0) is 25.5 Å². The van der Waals surface area contributed by atoms with E-state index in [4.69, 9.17) is 15.6 Å². The quantitative estimate of drug-likeness (QED) is 0.674. The summed E-state index contributed by atoms with van der Waals surface area (Å²) >= 11 is 0. The molecule has 0 aromatic heterocycles. The van der Waals surface area contributed by atoms with Gasteiger partial charge in [0.2, 0.25) is 5.91 Å². The first kappa shape index (κ1) is 16.5. The Morgan fingerprint density at radius 1 is 1.38 bits per heavy atom. The number of benzene rings is 1. The van der Waals surface area contributed by atoms with E-state index in [1.807, 2.05) is 0 Å². The molecule has 0 aliphatic heterocycles. The van der Waals surface area contributed by atoms with E-state index in [0.717, 1.165) is 5.56 Å². The number of carboxylic acids is 1. The van der Waals surface area contributed by atoms with Crippen molar-refractivity contribution >= 4 is 17.8 Å². The summed E-state index contributed by atoms with van der Waals surface area (Å²) in [6, 6.07) is 3.82. The number of hydrogen-bond donors (Lipinski definition) is 3. The number of aliphatic carboxylic acids is 1. The first-order chi connectivity index (χ1) is 9.85. The molecule has 0 bridgehead atoms. The second kappa shape index (κ2) is 7.28. The van der Waals surface area contributed by atoms with Gasteiger partial charge in [0, 0.05) is 6.42 Å². The summed E-state index contributed by atoms with van der Waals surface area (Å²) in [4.78, 5) is 34.0. The molecule has 0 fully saturated rings. The number of rotatable bonds is 7. The maximum absolute atomic E-state index is 12.2. The first-order valence-corrected chi connectivity index (χ1v) is 6.31. The molecule has 0 saturated heterocycles. The molecule has 4 N–H and O–H groups in total. The number of carbonyl (C=O) groups is 3. The lowest BCUT2D eigenvalue weighted by atomic mass is 10.1. The van der Waals surface area contributed by atoms with Gasteiger partial charge in [0.1, 0.15) is 11.8 Å². The van der Waals surface area contributed by atoms with Gasteiger partial charge in [-0.2, -0.15) is 0 Å². The summed E-state index contributed by atoms with van der Waals surface area (Å²) in [5, 5.41) is 11.4. The van der Waals surface area contributed by atoms with Gasteiger partial charge in [-0.25, -0.2) is 4.79 Å². The lowest BCUT2D eigenvalue weighted by Gasteiger charge is -2.15. The van der Waals surface area contributed by atoms with Gasteiger partial charge < -0.3 is 20.9 Å². The summed E-state index contributed by atoms with van der Waals surface area (Å²) in [5.74, 6) is -2.08. The highest BCUT2D eigenvalue weighted by Crippen LogP contribution is 2.19. The Balaban J connectivity index is 2.89. The maximum atomic E-state index is 12.2. The van der Waals surface area contributed by atoms with Crippen molar-refractivity contribution in [1.82, 2.24) is 5.32 Å². The number of carbonyl (C=O) groups excluding carboxylic acids is 2. The van der Waals surface area contributed by atoms with E-state index >= 15 is 0 Å². The summed E-state index contributed by atoms with van der Waals surface area (Å²) in [6.45, 7) is 1.80. The SMILES string of the molecule is COc1ccc(C)cc1C(=O)NC(CCC(N)=O)C(=O)O. The highest BCUT2D eigenvalue weighted by atomic mass is 16.5. The fourth-order valence-corrected chi connectivity index (χ4v) is 1.78. The summed E-state index contributed by atoms with van der Waals surface area (Å²) < 4.78 is 5.08.